The quantitative estimate of drug-likeness (QED) is 0.647. The number of ether oxygens (including phenoxy) is 1. The number of aromatic nitrogens is 1. The predicted molar refractivity (Wildman–Crippen MR) is 88.3 cm³/mol. The molecule has 22 heavy (non-hydrogen) atoms. The lowest BCUT2D eigenvalue weighted by atomic mass is 9.98. The number of hydrogen-bond donors (Lipinski definition) is 0. The molecule has 0 spiro atoms. The second-order valence-corrected chi connectivity index (χ2v) is 5.42. The molecule has 4 heteroatoms. The molecular weight excluding hydrogens is 298 g/mol. The molecule has 0 radical (unpaired) electrons. The van der Waals surface area contributed by atoms with Gasteiger partial charge < -0.3 is 4.74 Å². The van der Waals surface area contributed by atoms with Crippen molar-refractivity contribution in [1.82, 2.24) is 4.98 Å². The van der Waals surface area contributed by atoms with Gasteiger partial charge in [0, 0.05) is 16.0 Å². The minimum absolute atomic E-state index is 0.362. The molecular formula is C18H14ClNO2. The van der Waals surface area contributed by atoms with Gasteiger partial charge in [-0.15, -0.1) is 0 Å². The van der Waals surface area contributed by atoms with Gasteiger partial charge in [0.1, 0.15) is 0 Å². The lowest BCUT2D eigenvalue weighted by Crippen LogP contribution is -2.07. The molecule has 3 nitrogen and oxygen atoms in total. The van der Waals surface area contributed by atoms with E-state index < -0.39 is 0 Å². The smallest absolute Gasteiger partial charge is 0.338 e. The average Bonchev–Trinajstić information content (AvgIpc) is 2.53. The van der Waals surface area contributed by atoms with Gasteiger partial charge in [-0.2, -0.15) is 0 Å². The molecule has 2 aromatic carbocycles. The molecule has 0 N–H and O–H groups in total. The summed E-state index contributed by atoms with van der Waals surface area (Å²) < 4.78 is 4.95. The van der Waals surface area contributed by atoms with Gasteiger partial charge in [-0.25, -0.2) is 9.78 Å². The lowest BCUT2D eigenvalue weighted by Gasteiger charge is -2.13. The van der Waals surface area contributed by atoms with E-state index in [-0.39, 0.29) is 5.97 Å². The first-order valence-corrected chi connectivity index (χ1v) is 7.23. The Kier molecular flexibility index (Phi) is 3.82. The third-order valence-electron chi connectivity index (χ3n) is 3.62. The van der Waals surface area contributed by atoms with Crippen molar-refractivity contribution in [2.75, 3.05) is 7.11 Å². The molecule has 0 saturated carbocycles. The summed E-state index contributed by atoms with van der Waals surface area (Å²) in [5.74, 6) is -0.362. The van der Waals surface area contributed by atoms with Crippen molar-refractivity contribution in [2.45, 2.75) is 6.92 Å². The van der Waals surface area contributed by atoms with Crippen LogP contribution in [0.3, 0.4) is 0 Å². The summed E-state index contributed by atoms with van der Waals surface area (Å²) in [5.41, 5.74) is 3.70. The van der Waals surface area contributed by atoms with Crippen LogP contribution in [0, 0.1) is 6.92 Å². The first-order chi connectivity index (χ1) is 10.6. The van der Waals surface area contributed by atoms with Gasteiger partial charge in [-0.3, -0.25) is 0 Å². The van der Waals surface area contributed by atoms with Crippen LogP contribution < -0.4 is 0 Å². The molecule has 0 unspecified atom stereocenters. The Labute approximate surface area is 133 Å². The lowest BCUT2D eigenvalue weighted by molar-refractivity contribution is 0.0602. The number of para-hydroxylation sites is 1. The number of carbonyl (C=O) groups is 1. The first kappa shape index (κ1) is 14.5. The molecule has 0 fully saturated rings. The number of methoxy groups -OCH3 is 1. The van der Waals surface area contributed by atoms with E-state index >= 15 is 0 Å². The number of esters is 1. The molecule has 3 aromatic rings. The molecule has 0 atom stereocenters. The van der Waals surface area contributed by atoms with Crippen LogP contribution >= 0.6 is 11.6 Å². The van der Waals surface area contributed by atoms with E-state index in [2.05, 4.69) is 0 Å². The third-order valence-corrected chi connectivity index (χ3v) is 3.86. The first-order valence-electron chi connectivity index (χ1n) is 6.85. The Bertz CT molecular complexity index is 874. The number of fused-ring (bicyclic) bond motifs is 1. The predicted octanol–water partition coefficient (Wildman–Crippen LogP) is 4.65. The molecule has 0 bridgehead atoms. The van der Waals surface area contributed by atoms with Gasteiger partial charge in [0.2, 0.25) is 0 Å². The van der Waals surface area contributed by atoms with Gasteiger partial charge in [-0.1, -0.05) is 41.9 Å². The van der Waals surface area contributed by atoms with E-state index in [1.165, 1.54) is 7.11 Å². The summed E-state index contributed by atoms with van der Waals surface area (Å²) >= 11 is 6.08. The number of nitrogens with zero attached hydrogens (tertiary/aromatic N) is 1. The molecule has 0 aliphatic rings. The average molecular weight is 312 g/mol. The fourth-order valence-corrected chi connectivity index (χ4v) is 2.78. The zero-order valence-corrected chi connectivity index (χ0v) is 13.0. The maximum absolute atomic E-state index is 12.2. The Morgan fingerprint density at radius 2 is 1.91 bits per heavy atom. The number of carbonyl (C=O) groups excluding carboxylic acids is 1. The Hall–Kier alpha value is -2.39. The van der Waals surface area contributed by atoms with Crippen LogP contribution in [0.25, 0.3) is 22.2 Å². The van der Waals surface area contributed by atoms with Crippen LogP contribution in [0.15, 0.2) is 48.5 Å². The summed E-state index contributed by atoms with van der Waals surface area (Å²) in [6.07, 6.45) is 0. The fraction of sp³-hybridized carbons (Fsp3) is 0.111. The van der Waals surface area contributed by atoms with E-state index in [9.17, 15) is 4.79 Å². The number of halogens is 1. The van der Waals surface area contributed by atoms with Crippen molar-refractivity contribution in [3.8, 4) is 11.3 Å². The summed E-state index contributed by atoms with van der Waals surface area (Å²) in [6.45, 7) is 1.88. The highest BCUT2D eigenvalue weighted by atomic mass is 35.5. The van der Waals surface area contributed by atoms with E-state index in [1.54, 1.807) is 0 Å². The minimum Gasteiger partial charge on any atom is -0.465 e. The molecule has 110 valence electrons. The van der Waals surface area contributed by atoms with Crippen molar-refractivity contribution in [3.63, 3.8) is 0 Å². The Morgan fingerprint density at radius 1 is 1.14 bits per heavy atom. The third kappa shape index (κ3) is 2.44. The van der Waals surface area contributed by atoms with Gasteiger partial charge in [0.15, 0.2) is 0 Å². The van der Waals surface area contributed by atoms with Gasteiger partial charge in [0.05, 0.1) is 23.9 Å². The van der Waals surface area contributed by atoms with Gasteiger partial charge in [-0.05, 0) is 30.7 Å². The number of hydrogen-bond acceptors (Lipinski definition) is 3. The molecule has 0 saturated heterocycles. The zero-order chi connectivity index (χ0) is 15.7. The van der Waals surface area contributed by atoms with Crippen LogP contribution in [0.1, 0.15) is 15.9 Å². The van der Waals surface area contributed by atoms with E-state index in [1.807, 2.05) is 55.5 Å². The van der Waals surface area contributed by atoms with Gasteiger partial charge >= 0.3 is 5.97 Å². The maximum Gasteiger partial charge on any atom is 0.338 e. The molecule has 0 aliphatic heterocycles. The highest BCUT2D eigenvalue weighted by molar-refractivity contribution is 6.30. The SMILES string of the molecule is COC(=O)c1c(C)c(-c2cccc(Cl)c2)nc2ccccc12. The maximum atomic E-state index is 12.2. The van der Waals surface area contributed by atoms with Crippen LogP contribution in [0.4, 0.5) is 0 Å². The second-order valence-electron chi connectivity index (χ2n) is 4.98. The summed E-state index contributed by atoms with van der Waals surface area (Å²) in [5, 5.41) is 1.42. The monoisotopic (exact) mass is 311 g/mol. The van der Waals surface area contributed by atoms with Gasteiger partial charge in [0.25, 0.3) is 0 Å². The van der Waals surface area contributed by atoms with E-state index in [0.717, 1.165) is 27.7 Å². The highest BCUT2D eigenvalue weighted by Gasteiger charge is 2.19. The largest absolute Gasteiger partial charge is 0.465 e. The number of benzene rings is 2. The van der Waals surface area contributed by atoms with Crippen molar-refractivity contribution in [1.29, 1.82) is 0 Å². The van der Waals surface area contributed by atoms with Crippen molar-refractivity contribution in [3.05, 3.63) is 64.7 Å². The van der Waals surface area contributed by atoms with Crippen molar-refractivity contribution >= 4 is 28.5 Å². The normalized spacial score (nSPS) is 10.7. The number of pyridine rings is 1. The Balaban J connectivity index is 2.37. The molecule has 0 aliphatic carbocycles. The van der Waals surface area contributed by atoms with E-state index in [4.69, 9.17) is 21.3 Å². The van der Waals surface area contributed by atoms with Crippen LogP contribution in [-0.2, 0) is 4.74 Å². The van der Waals surface area contributed by atoms with E-state index in [0.29, 0.717) is 10.6 Å². The van der Waals surface area contributed by atoms with Crippen LogP contribution in [0.2, 0.25) is 5.02 Å². The summed E-state index contributed by atoms with van der Waals surface area (Å²) in [7, 11) is 1.38. The highest BCUT2D eigenvalue weighted by Crippen LogP contribution is 2.31. The molecule has 0 amide bonds. The summed E-state index contributed by atoms with van der Waals surface area (Å²) in [4.78, 5) is 16.9. The molecule has 1 aromatic heterocycles. The number of rotatable bonds is 2. The van der Waals surface area contributed by atoms with Crippen molar-refractivity contribution in [2.24, 2.45) is 0 Å². The second kappa shape index (κ2) is 5.78. The summed E-state index contributed by atoms with van der Waals surface area (Å²) in [6, 6.07) is 15.0. The standard InChI is InChI=1S/C18H14ClNO2/c1-11-16(18(21)22-2)14-8-3-4-9-15(14)20-17(11)12-6-5-7-13(19)10-12/h3-10H,1-2H3. The Morgan fingerprint density at radius 3 is 2.64 bits per heavy atom. The zero-order valence-electron chi connectivity index (χ0n) is 12.3. The van der Waals surface area contributed by atoms with Crippen LogP contribution in [-0.4, -0.2) is 18.1 Å². The minimum atomic E-state index is -0.362. The molecule has 1 heterocycles. The topological polar surface area (TPSA) is 39.2 Å². The van der Waals surface area contributed by atoms with Crippen molar-refractivity contribution < 1.29 is 9.53 Å². The fourth-order valence-electron chi connectivity index (χ4n) is 2.59. The van der Waals surface area contributed by atoms with Crippen LogP contribution in [0.5, 0.6) is 0 Å². The molecule has 3 rings (SSSR count).